The number of carbonyl (C=O) groups excluding carboxylic acids is 2. The van der Waals surface area contributed by atoms with Crippen molar-refractivity contribution < 1.29 is 18.7 Å². The molecule has 0 bridgehead atoms. The fourth-order valence-electron chi connectivity index (χ4n) is 3.22. The summed E-state index contributed by atoms with van der Waals surface area (Å²) in [7, 11) is 0. The van der Waals surface area contributed by atoms with E-state index in [2.05, 4.69) is 10.6 Å². The number of fused-ring (bicyclic) bond motifs is 1. The molecule has 154 valence electrons. The van der Waals surface area contributed by atoms with Crippen LogP contribution in [0.5, 0.6) is 5.75 Å². The van der Waals surface area contributed by atoms with Gasteiger partial charge in [0.2, 0.25) is 0 Å². The van der Waals surface area contributed by atoms with Gasteiger partial charge in [0.25, 0.3) is 11.8 Å². The van der Waals surface area contributed by atoms with Crippen LogP contribution in [0.25, 0.3) is 10.8 Å². The van der Waals surface area contributed by atoms with E-state index in [9.17, 15) is 14.0 Å². The van der Waals surface area contributed by atoms with Crippen LogP contribution in [-0.4, -0.2) is 31.0 Å². The minimum atomic E-state index is -0.286. The fraction of sp³-hybridized carbons (Fsp3) is 0.250. The third-order valence-electron chi connectivity index (χ3n) is 5.01. The van der Waals surface area contributed by atoms with Crippen molar-refractivity contribution in [3.63, 3.8) is 0 Å². The molecule has 0 aromatic heterocycles. The zero-order valence-electron chi connectivity index (χ0n) is 16.5. The van der Waals surface area contributed by atoms with E-state index in [1.165, 1.54) is 12.1 Å². The summed E-state index contributed by atoms with van der Waals surface area (Å²) in [6, 6.07) is 17.7. The molecule has 2 N–H and O–H groups in total. The molecule has 0 aliphatic heterocycles. The molecule has 2 amide bonds. The van der Waals surface area contributed by atoms with Crippen LogP contribution in [-0.2, 0) is 11.2 Å². The van der Waals surface area contributed by atoms with Gasteiger partial charge < -0.3 is 15.4 Å². The Morgan fingerprint density at radius 3 is 2.40 bits per heavy atom. The molecular formula is C24H23FN2O3. The normalized spacial score (nSPS) is 13.1. The van der Waals surface area contributed by atoms with Crippen LogP contribution >= 0.6 is 0 Å². The summed E-state index contributed by atoms with van der Waals surface area (Å²) in [6.45, 7) is 0.267. The second kappa shape index (κ2) is 8.95. The molecule has 0 atom stereocenters. The summed E-state index contributed by atoms with van der Waals surface area (Å²) >= 11 is 0. The van der Waals surface area contributed by atoms with Crippen LogP contribution in [0.15, 0.2) is 60.7 Å². The van der Waals surface area contributed by atoms with Crippen LogP contribution in [0.1, 0.15) is 28.8 Å². The SMILES string of the molecule is O=C(COc1cc2ccccc2cc1C(=O)NCCc1ccc(F)cc1)NC1CC1. The van der Waals surface area contributed by atoms with Gasteiger partial charge >= 0.3 is 0 Å². The first-order chi connectivity index (χ1) is 14.6. The number of hydrogen-bond acceptors (Lipinski definition) is 3. The Morgan fingerprint density at radius 2 is 1.70 bits per heavy atom. The van der Waals surface area contributed by atoms with Gasteiger partial charge in [0.1, 0.15) is 11.6 Å². The molecule has 0 heterocycles. The number of carbonyl (C=O) groups is 2. The molecule has 1 fully saturated rings. The maximum atomic E-state index is 13.0. The lowest BCUT2D eigenvalue weighted by Gasteiger charge is -2.13. The van der Waals surface area contributed by atoms with E-state index in [4.69, 9.17) is 4.74 Å². The molecule has 3 aromatic carbocycles. The average molecular weight is 406 g/mol. The molecule has 0 unspecified atom stereocenters. The highest BCUT2D eigenvalue weighted by Gasteiger charge is 2.23. The van der Waals surface area contributed by atoms with Gasteiger partial charge in [-0.05, 0) is 59.9 Å². The molecule has 0 saturated heterocycles. The van der Waals surface area contributed by atoms with E-state index in [1.54, 1.807) is 24.3 Å². The van der Waals surface area contributed by atoms with Gasteiger partial charge in [-0.15, -0.1) is 0 Å². The number of amides is 2. The van der Waals surface area contributed by atoms with E-state index in [0.29, 0.717) is 24.3 Å². The summed E-state index contributed by atoms with van der Waals surface area (Å²) in [6.07, 6.45) is 2.59. The van der Waals surface area contributed by atoms with Crippen molar-refractivity contribution in [2.75, 3.05) is 13.2 Å². The standard InChI is InChI=1S/C24H23FN2O3/c25-19-7-5-16(6-8-19)11-12-26-24(29)21-13-17-3-1-2-4-18(17)14-22(21)30-15-23(28)27-20-9-10-20/h1-8,13-14,20H,9-12,15H2,(H,26,29)(H,27,28). The smallest absolute Gasteiger partial charge is 0.258 e. The first-order valence-corrected chi connectivity index (χ1v) is 10.1. The Bertz CT molecular complexity index is 1060. The Balaban J connectivity index is 1.46. The van der Waals surface area contributed by atoms with Crippen molar-refractivity contribution in [2.24, 2.45) is 0 Å². The lowest BCUT2D eigenvalue weighted by atomic mass is 10.1. The predicted molar refractivity (Wildman–Crippen MR) is 113 cm³/mol. The molecule has 4 rings (SSSR count). The topological polar surface area (TPSA) is 67.4 Å². The van der Waals surface area contributed by atoms with Crippen molar-refractivity contribution in [2.45, 2.75) is 25.3 Å². The van der Waals surface area contributed by atoms with Crippen LogP contribution in [0, 0.1) is 5.82 Å². The zero-order valence-corrected chi connectivity index (χ0v) is 16.5. The minimum Gasteiger partial charge on any atom is -0.483 e. The van der Waals surface area contributed by atoms with Gasteiger partial charge in [-0.3, -0.25) is 9.59 Å². The summed E-state index contributed by atoms with van der Waals surface area (Å²) in [5, 5.41) is 7.60. The van der Waals surface area contributed by atoms with E-state index in [0.717, 1.165) is 29.2 Å². The summed E-state index contributed by atoms with van der Waals surface area (Å²) < 4.78 is 18.7. The highest BCUT2D eigenvalue weighted by atomic mass is 19.1. The van der Waals surface area contributed by atoms with Gasteiger partial charge in [-0.25, -0.2) is 4.39 Å². The number of halogens is 1. The minimum absolute atomic E-state index is 0.134. The van der Waals surface area contributed by atoms with Crippen molar-refractivity contribution in [3.8, 4) is 5.75 Å². The van der Waals surface area contributed by atoms with Crippen molar-refractivity contribution >= 4 is 22.6 Å². The van der Waals surface area contributed by atoms with E-state index in [-0.39, 0.29) is 30.3 Å². The number of nitrogens with one attached hydrogen (secondary N) is 2. The molecule has 6 heteroatoms. The molecule has 0 radical (unpaired) electrons. The lowest BCUT2D eigenvalue weighted by Crippen LogP contribution is -2.31. The van der Waals surface area contributed by atoms with Crippen molar-refractivity contribution in [1.82, 2.24) is 10.6 Å². The first-order valence-electron chi connectivity index (χ1n) is 10.1. The molecular weight excluding hydrogens is 383 g/mol. The van der Waals surface area contributed by atoms with Crippen LogP contribution in [0.4, 0.5) is 4.39 Å². The average Bonchev–Trinajstić information content (AvgIpc) is 3.57. The van der Waals surface area contributed by atoms with Crippen LogP contribution < -0.4 is 15.4 Å². The Hall–Kier alpha value is -3.41. The molecule has 30 heavy (non-hydrogen) atoms. The predicted octanol–water partition coefficient (Wildman–Crippen LogP) is 3.61. The van der Waals surface area contributed by atoms with E-state index >= 15 is 0 Å². The maximum absolute atomic E-state index is 13.0. The van der Waals surface area contributed by atoms with Gasteiger partial charge in [0.15, 0.2) is 6.61 Å². The summed E-state index contributed by atoms with van der Waals surface area (Å²) in [5.74, 6) is -0.376. The second-order valence-corrected chi connectivity index (χ2v) is 7.46. The van der Waals surface area contributed by atoms with E-state index in [1.807, 2.05) is 24.3 Å². The number of hydrogen-bond donors (Lipinski definition) is 2. The Kier molecular flexibility index (Phi) is 5.93. The third-order valence-corrected chi connectivity index (χ3v) is 5.01. The zero-order chi connectivity index (χ0) is 20.9. The molecule has 1 saturated carbocycles. The summed E-state index contributed by atoms with van der Waals surface area (Å²) in [5.41, 5.74) is 1.32. The monoisotopic (exact) mass is 406 g/mol. The van der Waals surface area contributed by atoms with Crippen LogP contribution in [0.3, 0.4) is 0 Å². The molecule has 0 spiro atoms. The molecule has 1 aliphatic rings. The molecule has 3 aromatic rings. The number of ether oxygens (including phenoxy) is 1. The third kappa shape index (κ3) is 5.14. The second-order valence-electron chi connectivity index (χ2n) is 7.46. The maximum Gasteiger partial charge on any atom is 0.258 e. The quantitative estimate of drug-likeness (QED) is 0.601. The van der Waals surface area contributed by atoms with Crippen molar-refractivity contribution in [3.05, 3.63) is 77.6 Å². The highest BCUT2D eigenvalue weighted by Crippen LogP contribution is 2.26. The lowest BCUT2D eigenvalue weighted by molar-refractivity contribution is -0.123. The van der Waals surface area contributed by atoms with Gasteiger partial charge in [-0.2, -0.15) is 0 Å². The first kappa shape index (κ1) is 19.9. The molecule has 1 aliphatic carbocycles. The Morgan fingerprint density at radius 1 is 1.00 bits per heavy atom. The molecule has 5 nitrogen and oxygen atoms in total. The highest BCUT2D eigenvalue weighted by molar-refractivity contribution is 6.01. The van der Waals surface area contributed by atoms with Crippen molar-refractivity contribution in [1.29, 1.82) is 0 Å². The fourth-order valence-corrected chi connectivity index (χ4v) is 3.22. The number of benzene rings is 3. The Labute approximate surface area is 174 Å². The number of rotatable bonds is 8. The van der Waals surface area contributed by atoms with Crippen LogP contribution in [0.2, 0.25) is 0 Å². The summed E-state index contributed by atoms with van der Waals surface area (Å²) in [4.78, 5) is 24.8. The van der Waals surface area contributed by atoms with Gasteiger partial charge in [-0.1, -0.05) is 36.4 Å². The van der Waals surface area contributed by atoms with Gasteiger partial charge in [0.05, 0.1) is 5.56 Å². The largest absolute Gasteiger partial charge is 0.483 e. The van der Waals surface area contributed by atoms with Gasteiger partial charge in [0, 0.05) is 12.6 Å². The van der Waals surface area contributed by atoms with E-state index < -0.39 is 0 Å².